The molecule has 3 N–H and O–H groups in total. The van der Waals surface area contributed by atoms with E-state index in [-0.39, 0.29) is 23.1 Å². The van der Waals surface area contributed by atoms with Crippen molar-refractivity contribution in [2.45, 2.75) is 17.1 Å². The number of hydrogen-bond acceptors (Lipinski definition) is 5. The highest BCUT2D eigenvalue weighted by Gasteiger charge is 2.23. The van der Waals surface area contributed by atoms with Crippen LogP contribution in [0.15, 0.2) is 101 Å². The van der Waals surface area contributed by atoms with Gasteiger partial charge in [-0.3, -0.25) is 9.59 Å². The zero-order valence-corrected chi connectivity index (χ0v) is 19.5. The second-order valence-electron chi connectivity index (χ2n) is 7.69. The Hall–Kier alpha value is -4.30. The van der Waals surface area contributed by atoms with E-state index in [2.05, 4.69) is 10.6 Å². The summed E-state index contributed by atoms with van der Waals surface area (Å²) in [5.41, 5.74) is 2.63. The van der Waals surface area contributed by atoms with Crippen molar-refractivity contribution in [2.24, 2.45) is 0 Å². The van der Waals surface area contributed by atoms with Gasteiger partial charge < -0.3 is 20.2 Å². The van der Waals surface area contributed by atoms with E-state index in [4.69, 9.17) is 4.42 Å². The van der Waals surface area contributed by atoms with Gasteiger partial charge in [-0.05, 0) is 60.5 Å². The minimum atomic E-state index is -1.07. The van der Waals surface area contributed by atoms with Crippen molar-refractivity contribution in [1.82, 2.24) is 0 Å². The number of furan rings is 1. The van der Waals surface area contributed by atoms with E-state index >= 15 is 0 Å². The molecule has 1 unspecified atom stereocenters. The van der Waals surface area contributed by atoms with Gasteiger partial charge in [0.05, 0.1) is 11.8 Å². The molecular formula is C27H22N2O5S. The smallest absolute Gasteiger partial charge is 0.335 e. The number of thioether (sulfide) groups is 1. The lowest BCUT2D eigenvalue weighted by Crippen LogP contribution is -2.20. The molecule has 35 heavy (non-hydrogen) atoms. The maximum atomic E-state index is 13.4. The zero-order valence-electron chi connectivity index (χ0n) is 18.7. The summed E-state index contributed by atoms with van der Waals surface area (Å²) in [5, 5.41) is 14.4. The number of carboxylic acids is 1. The Morgan fingerprint density at radius 3 is 2.40 bits per heavy atom. The van der Waals surface area contributed by atoms with Gasteiger partial charge in [-0.25, -0.2) is 4.79 Å². The van der Waals surface area contributed by atoms with Gasteiger partial charge in [0.15, 0.2) is 5.76 Å². The number of nitrogens with one attached hydrogen (secondary N) is 2. The van der Waals surface area contributed by atoms with Crippen LogP contribution < -0.4 is 10.6 Å². The molecule has 1 aromatic heterocycles. The van der Waals surface area contributed by atoms with Crippen LogP contribution in [0.5, 0.6) is 0 Å². The van der Waals surface area contributed by atoms with E-state index in [0.717, 1.165) is 16.0 Å². The largest absolute Gasteiger partial charge is 0.478 e. The van der Waals surface area contributed by atoms with Crippen LogP contribution in [-0.4, -0.2) is 22.9 Å². The Labute approximate surface area is 206 Å². The lowest BCUT2D eigenvalue weighted by atomic mass is 10.1. The molecule has 0 saturated heterocycles. The number of aromatic carboxylic acids is 1. The molecule has 8 heteroatoms. The highest BCUT2D eigenvalue weighted by molar-refractivity contribution is 8.00. The Kier molecular flexibility index (Phi) is 7.32. The second kappa shape index (κ2) is 10.8. The quantitative estimate of drug-likeness (QED) is 0.263. The molecule has 0 spiro atoms. The summed E-state index contributed by atoms with van der Waals surface area (Å²) in [5.74, 6) is -1.54. The lowest BCUT2D eigenvalue weighted by molar-refractivity contribution is -0.115. The highest BCUT2D eigenvalue weighted by atomic mass is 32.2. The molecule has 3 aromatic carbocycles. The van der Waals surface area contributed by atoms with E-state index in [1.54, 1.807) is 43.3 Å². The molecule has 0 saturated carbocycles. The summed E-state index contributed by atoms with van der Waals surface area (Å²) in [6.07, 6.45) is 1.43. The van der Waals surface area contributed by atoms with Gasteiger partial charge in [0, 0.05) is 16.3 Å². The van der Waals surface area contributed by atoms with Gasteiger partial charge in [-0.2, -0.15) is 0 Å². The van der Waals surface area contributed by atoms with Crippen LogP contribution in [0.2, 0.25) is 0 Å². The molecule has 0 aliphatic rings. The fraction of sp³-hybridized carbons (Fsp3) is 0.0741. The van der Waals surface area contributed by atoms with Crippen molar-refractivity contribution in [3.63, 3.8) is 0 Å². The van der Waals surface area contributed by atoms with E-state index in [0.29, 0.717) is 11.4 Å². The summed E-state index contributed by atoms with van der Waals surface area (Å²) < 4.78 is 5.13. The van der Waals surface area contributed by atoms with Crippen molar-refractivity contribution in [3.8, 4) is 0 Å². The minimum Gasteiger partial charge on any atom is -0.478 e. The predicted octanol–water partition coefficient (Wildman–Crippen LogP) is 6.01. The third kappa shape index (κ3) is 5.99. The summed E-state index contributed by atoms with van der Waals surface area (Å²) in [7, 11) is 0. The lowest BCUT2D eigenvalue weighted by Gasteiger charge is -2.18. The molecule has 7 nitrogen and oxygen atoms in total. The first-order valence-corrected chi connectivity index (χ1v) is 11.6. The van der Waals surface area contributed by atoms with Gasteiger partial charge in [-0.1, -0.05) is 42.5 Å². The number of carbonyl (C=O) groups excluding carboxylic acids is 2. The molecule has 2 amide bonds. The van der Waals surface area contributed by atoms with E-state index in [1.165, 1.54) is 30.2 Å². The number of hydrogen-bond donors (Lipinski definition) is 3. The summed E-state index contributed by atoms with van der Waals surface area (Å²) in [4.78, 5) is 37.9. The molecule has 4 rings (SSSR count). The maximum Gasteiger partial charge on any atom is 0.335 e. The maximum absolute atomic E-state index is 13.4. The molecule has 0 radical (unpaired) electrons. The summed E-state index contributed by atoms with van der Waals surface area (Å²) in [6, 6.07) is 24.3. The molecule has 0 aliphatic heterocycles. The van der Waals surface area contributed by atoms with Crippen LogP contribution in [0.4, 0.5) is 11.4 Å². The van der Waals surface area contributed by atoms with Crippen molar-refractivity contribution in [1.29, 1.82) is 0 Å². The molecule has 1 atom stereocenters. The van der Waals surface area contributed by atoms with Crippen molar-refractivity contribution >= 4 is 40.9 Å². The van der Waals surface area contributed by atoms with Gasteiger partial charge >= 0.3 is 5.97 Å². The Balaban J connectivity index is 1.58. The van der Waals surface area contributed by atoms with Gasteiger partial charge in [0.2, 0.25) is 5.91 Å². The average Bonchev–Trinajstić information content (AvgIpc) is 3.40. The number of carboxylic acid groups (broad SMARTS) is 1. The Morgan fingerprint density at radius 2 is 1.69 bits per heavy atom. The van der Waals surface area contributed by atoms with Gasteiger partial charge in [0.25, 0.3) is 5.91 Å². The van der Waals surface area contributed by atoms with Crippen molar-refractivity contribution in [2.75, 3.05) is 10.6 Å². The third-order valence-corrected chi connectivity index (χ3v) is 6.42. The van der Waals surface area contributed by atoms with Crippen molar-refractivity contribution < 1.29 is 23.9 Å². The first-order chi connectivity index (χ1) is 16.9. The first kappa shape index (κ1) is 23.8. The van der Waals surface area contributed by atoms with Crippen LogP contribution in [-0.2, 0) is 4.79 Å². The monoisotopic (exact) mass is 486 g/mol. The Bertz CT molecular complexity index is 1350. The minimum absolute atomic E-state index is 0.0924. The van der Waals surface area contributed by atoms with Gasteiger partial charge in [0.1, 0.15) is 5.25 Å². The number of amides is 2. The standard InChI is InChI=1S/C27H22N2O5S/c1-17-12-13-19(27(32)33)15-22(17)29-26(31)24(18-7-3-2-4-8-18)35-21-10-5-9-20(16-21)28-25(30)23-11-6-14-34-23/h2-16,24H,1H3,(H,28,30)(H,29,31)(H,32,33). The SMILES string of the molecule is Cc1ccc(C(=O)O)cc1NC(=O)C(Sc1cccc(NC(=O)c2ccco2)c1)c1ccccc1. The average molecular weight is 487 g/mol. The van der Waals surface area contributed by atoms with Crippen LogP contribution in [0.25, 0.3) is 0 Å². The van der Waals surface area contributed by atoms with E-state index in [1.807, 2.05) is 36.4 Å². The second-order valence-corrected chi connectivity index (χ2v) is 8.87. The highest BCUT2D eigenvalue weighted by Crippen LogP contribution is 2.37. The van der Waals surface area contributed by atoms with Crippen LogP contribution in [0, 0.1) is 6.92 Å². The van der Waals surface area contributed by atoms with Crippen molar-refractivity contribution in [3.05, 3.63) is 114 Å². The van der Waals surface area contributed by atoms with Crippen LogP contribution in [0.3, 0.4) is 0 Å². The van der Waals surface area contributed by atoms with Crippen LogP contribution >= 0.6 is 11.8 Å². The van der Waals surface area contributed by atoms with Gasteiger partial charge in [-0.15, -0.1) is 11.8 Å². The summed E-state index contributed by atoms with van der Waals surface area (Å²) >= 11 is 1.32. The predicted molar refractivity (Wildman–Crippen MR) is 135 cm³/mol. The first-order valence-electron chi connectivity index (χ1n) is 10.7. The summed E-state index contributed by atoms with van der Waals surface area (Å²) in [6.45, 7) is 1.80. The molecular weight excluding hydrogens is 464 g/mol. The number of aryl methyl sites for hydroxylation is 1. The number of benzene rings is 3. The normalized spacial score (nSPS) is 11.5. The molecule has 0 bridgehead atoms. The molecule has 1 heterocycles. The fourth-order valence-corrected chi connectivity index (χ4v) is 4.46. The number of anilines is 2. The molecule has 176 valence electrons. The zero-order chi connectivity index (χ0) is 24.8. The fourth-order valence-electron chi connectivity index (χ4n) is 3.37. The topological polar surface area (TPSA) is 109 Å². The number of rotatable bonds is 8. The molecule has 0 aliphatic carbocycles. The van der Waals surface area contributed by atoms with Crippen LogP contribution in [0.1, 0.15) is 37.3 Å². The number of carbonyl (C=O) groups is 3. The van der Waals surface area contributed by atoms with E-state index < -0.39 is 11.2 Å². The van der Waals surface area contributed by atoms with E-state index in [9.17, 15) is 19.5 Å². The molecule has 4 aromatic rings. The molecule has 0 fully saturated rings. The Morgan fingerprint density at radius 1 is 0.886 bits per heavy atom. The third-order valence-electron chi connectivity index (χ3n) is 5.17.